The topological polar surface area (TPSA) is 60.9 Å². The lowest BCUT2D eigenvalue weighted by Crippen LogP contribution is -2.52. The second kappa shape index (κ2) is 9.73. The molecule has 1 unspecified atom stereocenters. The minimum Gasteiger partial charge on any atom is -0.385 e. The standard InChI is InChI=1S/C19H31N5O2/c1-26-13-3-7-22-8-5-17(16-22)14-21-19(25)24-11-9-23(10-12-24)18-4-2-6-20-15-18/h2,4,6,15,17H,3,5,7-14,16H2,1H3,(H,21,25). The predicted octanol–water partition coefficient (Wildman–Crippen LogP) is 1.27. The van der Waals surface area contributed by atoms with E-state index in [0.717, 1.165) is 71.1 Å². The molecule has 2 aliphatic rings. The smallest absolute Gasteiger partial charge is 0.317 e. The number of pyridine rings is 1. The molecule has 0 radical (unpaired) electrons. The van der Waals surface area contributed by atoms with Gasteiger partial charge in [0.25, 0.3) is 0 Å². The summed E-state index contributed by atoms with van der Waals surface area (Å²) in [6, 6.07) is 4.10. The summed E-state index contributed by atoms with van der Waals surface area (Å²) in [4.78, 5) is 23.3. The van der Waals surface area contributed by atoms with E-state index in [2.05, 4.69) is 26.2 Å². The molecule has 3 rings (SSSR count). The Labute approximate surface area is 156 Å². The van der Waals surface area contributed by atoms with Crippen molar-refractivity contribution in [2.75, 3.05) is 71.0 Å². The van der Waals surface area contributed by atoms with Gasteiger partial charge < -0.3 is 24.8 Å². The number of hydrogen-bond acceptors (Lipinski definition) is 5. The molecule has 0 spiro atoms. The summed E-state index contributed by atoms with van der Waals surface area (Å²) in [5.74, 6) is 0.568. The van der Waals surface area contributed by atoms with Crippen molar-refractivity contribution in [3.8, 4) is 0 Å². The molecular formula is C19H31N5O2. The molecule has 1 atom stereocenters. The molecule has 3 heterocycles. The van der Waals surface area contributed by atoms with Crippen LogP contribution in [0.1, 0.15) is 12.8 Å². The summed E-state index contributed by atoms with van der Waals surface area (Å²) >= 11 is 0. The number of ether oxygens (including phenoxy) is 1. The zero-order chi connectivity index (χ0) is 18.2. The summed E-state index contributed by atoms with van der Waals surface area (Å²) in [6.45, 7) is 8.14. The Bertz CT molecular complexity index is 548. The Hall–Kier alpha value is -1.86. The second-order valence-electron chi connectivity index (χ2n) is 7.17. The SMILES string of the molecule is COCCCN1CCC(CNC(=O)N2CCN(c3cccnc3)CC2)C1. The van der Waals surface area contributed by atoms with Crippen LogP contribution in [0.3, 0.4) is 0 Å². The summed E-state index contributed by atoms with van der Waals surface area (Å²) < 4.78 is 5.11. The van der Waals surface area contributed by atoms with Gasteiger partial charge in [-0.1, -0.05) is 0 Å². The maximum Gasteiger partial charge on any atom is 0.317 e. The monoisotopic (exact) mass is 361 g/mol. The Kier molecular flexibility index (Phi) is 7.08. The van der Waals surface area contributed by atoms with Crippen LogP contribution in [-0.2, 0) is 4.74 Å². The van der Waals surface area contributed by atoms with Gasteiger partial charge in [-0.15, -0.1) is 0 Å². The normalized spacial score (nSPS) is 21.2. The highest BCUT2D eigenvalue weighted by Gasteiger charge is 2.25. The average Bonchev–Trinajstić information content (AvgIpc) is 3.15. The molecule has 2 fully saturated rings. The van der Waals surface area contributed by atoms with E-state index in [1.807, 2.05) is 17.2 Å². The molecule has 144 valence electrons. The molecule has 2 aliphatic heterocycles. The van der Waals surface area contributed by atoms with Gasteiger partial charge in [-0.05, 0) is 37.4 Å². The molecule has 26 heavy (non-hydrogen) atoms. The lowest BCUT2D eigenvalue weighted by molar-refractivity contribution is 0.177. The quantitative estimate of drug-likeness (QED) is 0.741. The van der Waals surface area contributed by atoms with Crippen molar-refractivity contribution in [2.24, 2.45) is 5.92 Å². The van der Waals surface area contributed by atoms with Gasteiger partial charge >= 0.3 is 6.03 Å². The molecule has 1 aromatic rings. The van der Waals surface area contributed by atoms with E-state index in [0.29, 0.717) is 5.92 Å². The lowest BCUT2D eigenvalue weighted by atomic mass is 10.1. The first-order valence-corrected chi connectivity index (χ1v) is 9.65. The summed E-state index contributed by atoms with van der Waals surface area (Å²) in [6.07, 6.45) is 5.92. The number of carbonyl (C=O) groups excluding carboxylic acids is 1. The Morgan fingerprint density at radius 3 is 2.88 bits per heavy atom. The van der Waals surface area contributed by atoms with Crippen LogP contribution in [-0.4, -0.2) is 86.9 Å². The lowest BCUT2D eigenvalue weighted by Gasteiger charge is -2.36. The van der Waals surface area contributed by atoms with E-state index in [1.165, 1.54) is 6.42 Å². The second-order valence-corrected chi connectivity index (χ2v) is 7.17. The van der Waals surface area contributed by atoms with Crippen LogP contribution in [0.4, 0.5) is 10.5 Å². The van der Waals surface area contributed by atoms with Crippen LogP contribution in [0.15, 0.2) is 24.5 Å². The molecule has 1 N–H and O–H groups in total. The molecule has 7 heteroatoms. The Morgan fingerprint density at radius 2 is 2.15 bits per heavy atom. The van der Waals surface area contributed by atoms with E-state index in [4.69, 9.17) is 4.74 Å². The van der Waals surface area contributed by atoms with Gasteiger partial charge in [0.2, 0.25) is 0 Å². The highest BCUT2D eigenvalue weighted by Crippen LogP contribution is 2.16. The molecule has 0 aromatic carbocycles. The van der Waals surface area contributed by atoms with Gasteiger partial charge in [-0.25, -0.2) is 4.79 Å². The van der Waals surface area contributed by atoms with Gasteiger partial charge in [-0.3, -0.25) is 4.98 Å². The van der Waals surface area contributed by atoms with Crippen molar-refractivity contribution < 1.29 is 9.53 Å². The maximum absolute atomic E-state index is 12.4. The van der Waals surface area contributed by atoms with Crippen molar-refractivity contribution in [1.82, 2.24) is 20.1 Å². The number of anilines is 1. The van der Waals surface area contributed by atoms with E-state index in [9.17, 15) is 4.79 Å². The predicted molar refractivity (Wildman–Crippen MR) is 102 cm³/mol. The third-order valence-electron chi connectivity index (χ3n) is 5.31. The number of nitrogens with one attached hydrogen (secondary N) is 1. The van der Waals surface area contributed by atoms with Crippen molar-refractivity contribution in [2.45, 2.75) is 12.8 Å². The first-order valence-electron chi connectivity index (χ1n) is 9.65. The number of urea groups is 1. The van der Waals surface area contributed by atoms with Gasteiger partial charge in [-0.2, -0.15) is 0 Å². The van der Waals surface area contributed by atoms with Crippen LogP contribution < -0.4 is 10.2 Å². The van der Waals surface area contributed by atoms with E-state index in [1.54, 1.807) is 13.3 Å². The fourth-order valence-electron chi connectivity index (χ4n) is 3.77. The molecule has 1 aromatic heterocycles. The third kappa shape index (κ3) is 5.32. The van der Waals surface area contributed by atoms with Crippen molar-refractivity contribution in [3.63, 3.8) is 0 Å². The van der Waals surface area contributed by atoms with E-state index in [-0.39, 0.29) is 6.03 Å². The molecule has 2 amide bonds. The Morgan fingerprint density at radius 1 is 1.31 bits per heavy atom. The number of likely N-dealkylation sites (tertiary alicyclic amines) is 1. The van der Waals surface area contributed by atoms with E-state index < -0.39 is 0 Å². The van der Waals surface area contributed by atoms with Crippen molar-refractivity contribution in [1.29, 1.82) is 0 Å². The highest BCUT2D eigenvalue weighted by molar-refractivity contribution is 5.74. The van der Waals surface area contributed by atoms with Gasteiger partial charge in [0.1, 0.15) is 0 Å². The molecule has 2 saturated heterocycles. The number of hydrogen-bond donors (Lipinski definition) is 1. The van der Waals surface area contributed by atoms with Crippen molar-refractivity contribution >= 4 is 11.7 Å². The largest absolute Gasteiger partial charge is 0.385 e. The number of amides is 2. The number of nitrogens with zero attached hydrogens (tertiary/aromatic N) is 4. The number of methoxy groups -OCH3 is 1. The highest BCUT2D eigenvalue weighted by atomic mass is 16.5. The maximum atomic E-state index is 12.4. The molecule has 0 bridgehead atoms. The Balaban J connectivity index is 1.33. The van der Waals surface area contributed by atoms with Crippen LogP contribution >= 0.6 is 0 Å². The number of carbonyl (C=O) groups is 1. The minimum absolute atomic E-state index is 0.0775. The van der Waals surface area contributed by atoms with Crippen LogP contribution in [0.25, 0.3) is 0 Å². The van der Waals surface area contributed by atoms with E-state index >= 15 is 0 Å². The fourth-order valence-corrected chi connectivity index (χ4v) is 3.77. The molecule has 0 aliphatic carbocycles. The van der Waals surface area contributed by atoms with Crippen molar-refractivity contribution in [3.05, 3.63) is 24.5 Å². The van der Waals surface area contributed by atoms with Gasteiger partial charge in [0, 0.05) is 65.7 Å². The van der Waals surface area contributed by atoms with Gasteiger partial charge in [0.05, 0.1) is 11.9 Å². The molecule has 7 nitrogen and oxygen atoms in total. The first kappa shape index (κ1) is 18.9. The van der Waals surface area contributed by atoms with Crippen LogP contribution in [0, 0.1) is 5.92 Å². The summed E-state index contributed by atoms with van der Waals surface area (Å²) in [5.41, 5.74) is 1.13. The van der Waals surface area contributed by atoms with Crippen LogP contribution in [0.2, 0.25) is 0 Å². The zero-order valence-corrected chi connectivity index (χ0v) is 15.8. The minimum atomic E-state index is 0.0775. The fraction of sp³-hybridized carbons (Fsp3) is 0.684. The molecule has 0 saturated carbocycles. The summed E-state index contributed by atoms with van der Waals surface area (Å²) in [7, 11) is 1.75. The first-order chi connectivity index (χ1) is 12.8. The van der Waals surface area contributed by atoms with Gasteiger partial charge in [0.15, 0.2) is 0 Å². The number of aromatic nitrogens is 1. The number of piperazine rings is 1. The average molecular weight is 361 g/mol. The zero-order valence-electron chi connectivity index (χ0n) is 15.8. The molecular weight excluding hydrogens is 330 g/mol. The number of rotatable bonds is 7. The van der Waals surface area contributed by atoms with Crippen LogP contribution in [0.5, 0.6) is 0 Å². The third-order valence-corrected chi connectivity index (χ3v) is 5.31. The summed E-state index contributed by atoms with van der Waals surface area (Å²) in [5, 5.41) is 3.14.